The Bertz CT molecular complexity index is 841. The minimum atomic E-state index is -0.633. The molecule has 0 saturated carbocycles. The van der Waals surface area contributed by atoms with Gasteiger partial charge < -0.3 is 10.5 Å². The molecule has 5 nitrogen and oxygen atoms in total. The van der Waals surface area contributed by atoms with Gasteiger partial charge in [0.1, 0.15) is 11.8 Å². The third kappa shape index (κ3) is 3.94. The summed E-state index contributed by atoms with van der Waals surface area (Å²) in [5, 5.41) is 0.953. The fraction of sp³-hybridized carbons (Fsp3) is 0.263. The van der Waals surface area contributed by atoms with Crippen molar-refractivity contribution in [3.8, 4) is 5.75 Å². The lowest BCUT2D eigenvalue weighted by Crippen LogP contribution is -2.46. The van der Waals surface area contributed by atoms with E-state index >= 15 is 0 Å². The number of hydrogen-bond donors (Lipinski definition) is 1. The second-order valence-corrected chi connectivity index (χ2v) is 6.89. The SMILES string of the molecule is NC(=O)[C@@H]1Cc2ccccc2N1C(=O)CCCOc1ccc(Cl)cc1Cl. The molecule has 2 aromatic rings. The van der Waals surface area contributed by atoms with E-state index in [0.717, 1.165) is 11.3 Å². The maximum Gasteiger partial charge on any atom is 0.240 e. The van der Waals surface area contributed by atoms with E-state index in [-0.39, 0.29) is 12.3 Å². The van der Waals surface area contributed by atoms with Crippen LogP contribution in [0.25, 0.3) is 0 Å². The Morgan fingerprint density at radius 1 is 1.19 bits per heavy atom. The molecule has 0 saturated heterocycles. The van der Waals surface area contributed by atoms with Crippen molar-refractivity contribution >= 4 is 40.7 Å². The van der Waals surface area contributed by atoms with Crippen molar-refractivity contribution in [3.63, 3.8) is 0 Å². The molecule has 136 valence electrons. The van der Waals surface area contributed by atoms with Crippen molar-refractivity contribution < 1.29 is 14.3 Å². The van der Waals surface area contributed by atoms with Crippen molar-refractivity contribution in [2.24, 2.45) is 5.73 Å². The van der Waals surface area contributed by atoms with E-state index in [1.807, 2.05) is 24.3 Å². The number of primary amides is 1. The van der Waals surface area contributed by atoms with Crippen molar-refractivity contribution in [2.75, 3.05) is 11.5 Å². The standard InChI is InChI=1S/C19H18Cl2N2O3/c20-13-7-8-17(14(21)11-13)26-9-3-6-18(24)23-15-5-2-1-4-12(15)10-16(23)19(22)25/h1-2,4-5,7-8,11,16H,3,6,9-10H2,(H2,22,25)/t16-/m0/s1. The number of nitrogens with two attached hydrogens (primary N) is 1. The summed E-state index contributed by atoms with van der Waals surface area (Å²) in [7, 11) is 0. The minimum absolute atomic E-state index is 0.149. The Morgan fingerprint density at radius 3 is 2.69 bits per heavy atom. The second kappa shape index (κ2) is 7.98. The maximum absolute atomic E-state index is 12.7. The molecular formula is C19H18Cl2N2O3. The lowest BCUT2D eigenvalue weighted by molar-refractivity contribution is -0.124. The fourth-order valence-corrected chi connectivity index (χ4v) is 3.50. The van der Waals surface area contributed by atoms with Gasteiger partial charge in [0.2, 0.25) is 11.8 Å². The molecule has 3 rings (SSSR count). The van der Waals surface area contributed by atoms with E-state index in [2.05, 4.69) is 0 Å². The quantitative estimate of drug-likeness (QED) is 0.763. The number of nitrogens with zero attached hydrogens (tertiary/aromatic N) is 1. The number of rotatable bonds is 6. The van der Waals surface area contributed by atoms with Crippen LogP contribution < -0.4 is 15.4 Å². The van der Waals surface area contributed by atoms with Gasteiger partial charge in [-0.1, -0.05) is 41.4 Å². The van der Waals surface area contributed by atoms with Crippen LogP contribution in [0, 0.1) is 0 Å². The zero-order valence-electron chi connectivity index (χ0n) is 14.0. The van der Waals surface area contributed by atoms with E-state index in [4.69, 9.17) is 33.7 Å². The first-order chi connectivity index (χ1) is 12.5. The maximum atomic E-state index is 12.7. The highest BCUT2D eigenvalue weighted by Gasteiger charge is 2.36. The Hall–Kier alpha value is -2.24. The van der Waals surface area contributed by atoms with Crippen molar-refractivity contribution in [3.05, 3.63) is 58.1 Å². The molecular weight excluding hydrogens is 375 g/mol. The molecule has 2 aromatic carbocycles. The molecule has 1 atom stereocenters. The largest absolute Gasteiger partial charge is 0.492 e. The van der Waals surface area contributed by atoms with Gasteiger partial charge in [-0.05, 0) is 36.2 Å². The van der Waals surface area contributed by atoms with E-state index in [1.165, 1.54) is 4.90 Å². The van der Waals surface area contributed by atoms with Gasteiger partial charge in [-0.25, -0.2) is 0 Å². The number of hydrogen-bond acceptors (Lipinski definition) is 3. The first-order valence-electron chi connectivity index (χ1n) is 8.24. The molecule has 26 heavy (non-hydrogen) atoms. The molecule has 0 radical (unpaired) electrons. The van der Waals surface area contributed by atoms with Gasteiger partial charge in [0.05, 0.1) is 11.6 Å². The van der Waals surface area contributed by atoms with Gasteiger partial charge in [-0.3, -0.25) is 14.5 Å². The number of carbonyl (C=O) groups is 2. The zero-order valence-corrected chi connectivity index (χ0v) is 15.5. The van der Waals surface area contributed by atoms with Crippen LogP contribution in [0.4, 0.5) is 5.69 Å². The van der Waals surface area contributed by atoms with Crippen LogP contribution in [-0.2, 0) is 16.0 Å². The average molecular weight is 393 g/mol. The van der Waals surface area contributed by atoms with Crippen molar-refractivity contribution in [1.82, 2.24) is 0 Å². The predicted octanol–water partition coefficient (Wildman–Crippen LogP) is 3.60. The molecule has 2 amide bonds. The summed E-state index contributed by atoms with van der Waals surface area (Å²) in [6.45, 7) is 0.323. The highest BCUT2D eigenvalue weighted by molar-refractivity contribution is 6.35. The molecule has 2 N–H and O–H groups in total. The smallest absolute Gasteiger partial charge is 0.240 e. The van der Waals surface area contributed by atoms with Crippen LogP contribution in [0.15, 0.2) is 42.5 Å². The number of benzene rings is 2. The summed E-state index contributed by atoms with van der Waals surface area (Å²) in [5.74, 6) is -0.131. The minimum Gasteiger partial charge on any atom is -0.492 e. The number of fused-ring (bicyclic) bond motifs is 1. The van der Waals surface area contributed by atoms with Gasteiger partial charge in [0.25, 0.3) is 0 Å². The molecule has 0 fully saturated rings. The zero-order chi connectivity index (χ0) is 18.7. The molecule has 1 aliphatic rings. The summed E-state index contributed by atoms with van der Waals surface area (Å²) in [6.07, 6.45) is 1.18. The van der Waals surface area contributed by atoms with Crippen molar-refractivity contribution in [2.45, 2.75) is 25.3 Å². The van der Waals surface area contributed by atoms with Crippen LogP contribution >= 0.6 is 23.2 Å². The molecule has 0 aliphatic carbocycles. The normalized spacial score (nSPS) is 15.6. The van der Waals surface area contributed by atoms with Gasteiger partial charge in [0.15, 0.2) is 0 Å². The third-order valence-electron chi connectivity index (χ3n) is 4.26. The molecule has 7 heteroatoms. The summed E-state index contributed by atoms with van der Waals surface area (Å²) in [4.78, 5) is 25.9. The summed E-state index contributed by atoms with van der Waals surface area (Å²) >= 11 is 11.9. The number of carbonyl (C=O) groups excluding carboxylic acids is 2. The molecule has 0 aromatic heterocycles. The van der Waals surface area contributed by atoms with Gasteiger partial charge in [-0.2, -0.15) is 0 Å². The topological polar surface area (TPSA) is 72.6 Å². The van der Waals surface area contributed by atoms with Gasteiger partial charge >= 0.3 is 0 Å². The Morgan fingerprint density at radius 2 is 1.96 bits per heavy atom. The summed E-state index contributed by atoms with van der Waals surface area (Å²) in [5.41, 5.74) is 7.19. The molecule has 0 unspecified atom stereocenters. The first kappa shape index (κ1) is 18.5. The van der Waals surface area contributed by atoms with Crippen LogP contribution in [0.2, 0.25) is 10.0 Å². The first-order valence-corrected chi connectivity index (χ1v) is 9.00. The number of ether oxygens (including phenoxy) is 1. The van der Waals surface area contributed by atoms with Crippen LogP contribution in [0.1, 0.15) is 18.4 Å². The second-order valence-electron chi connectivity index (χ2n) is 6.04. The monoisotopic (exact) mass is 392 g/mol. The highest BCUT2D eigenvalue weighted by atomic mass is 35.5. The Balaban J connectivity index is 1.59. The van der Waals surface area contributed by atoms with E-state index in [1.54, 1.807) is 18.2 Å². The number of halogens is 2. The van der Waals surface area contributed by atoms with Gasteiger partial charge in [0, 0.05) is 23.6 Å². The molecule has 0 bridgehead atoms. The number of para-hydroxylation sites is 1. The van der Waals surface area contributed by atoms with E-state index in [9.17, 15) is 9.59 Å². The van der Waals surface area contributed by atoms with Crippen molar-refractivity contribution in [1.29, 1.82) is 0 Å². The molecule has 0 spiro atoms. The van der Waals surface area contributed by atoms with E-state index in [0.29, 0.717) is 35.2 Å². The van der Waals surface area contributed by atoms with E-state index < -0.39 is 11.9 Å². The molecule has 1 aliphatic heterocycles. The number of anilines is 1. The summed E-state index contributed by atoms with van der Waals surface area (Å²) < 4.78 is 5.60. The number of amides is 2. The average Bonchev–Trinajstić information content (AvgIpc) is 3.00. The lowest BCUT2D eigenvalue weighted by atomic mass is 10.1. The van der Waals surface area contributed by atoms with Crippen LogP contribution in [0.3, 0.4) is 0 Å². The Kier molecular flexibility index (Phi) is 5.69. The predicted molar refractivity (Wildman–Crippen MR) is 102 cm³/mol. The van der Waals surface area contributed by atoms with Crippen LogP contribution in [0.5, 0.6) is 5.75 Å². The van der Waals surface area contributed by atoms with Gasteiger partial charge in [-0.15, -0.1) is 0 Å². The summed E-state index contributed by atoms with van der Waals surface area (Å²) in [6, 6.07) is 11.8. The Labute approximate surface area is 161 Å². The van der Waals surface area contributed by atoms with Crippen LogP contribution in [-0.4, -0.2) is 24.5 Å². The molecule has 1 heterocycles. The third-order valence-corrected chi connectivity index (χ3v) is 4.79. The highest BCUT2D eigenvalue weighted by Crippen LogP contribution is 2.33. The lowest BCUT2D eigenvalue weighted by Gasteiger charge is -2.23. The fourth-order valence-electron chi connectivity index (χ4n) is 3.04.